The van der Waals surface area contributed by atoms with Gasteiger partial charge in [0.05, 0.1) is 6.54 Å². The van der Waals surface area contributed by atoms with Crippen molar-refractivity contribution in [3.63, 3.8) is 0 Å². The van der Waals surface area contributed by atoms with Crippen LogP contribution in [0, 0.1) is 13.8 Å². The number of hydrogen-bond acceptors (Lipinski definition) is 3. The minimum atomic E-state index is 0. The van der Waals surface area contributed by atoms with Crippen molar-refractivity contribution in [1.29, 1.82) is 0 Å². The van der Waals surface area contributed by atoms with Gasteiger partial charge in [-0.05, 0) is 31.9 Å². The van der Waals surface area contributed by atoms with Crippen molar-refractivity contribution in [3.05, 3.63) is 29.3 Å². The molecule has 0 unspecified atom stereocenters. The fourth-order valence-corrected chi connectivity index (χ4v) is 2.35. The molecule has 5 heteroatoms. The fourth-order valence-electron chi connectivity index (χ4n) is 2.35. The zero-order chi connectivity index (χ0) is 13.1. The highest BCUT2D eigenvalue weighted by Crippen LogP contribution is 2.16. The van der Waals surface area contributed by atoms with Gasteiger partial charge in [0.15, 0.2) is 0 Å². The van der Waals surface area contributed by atoms with Gasteiger partial charge >= 0.3 is 0 Å². The number of likely N-dealkylation sites (tertiary alicyclic amines) is 1. The average molecular weight is 284 g/mol. The van der Waals surface area contributed by atoms with Crippen molar-refractivity contribution < 1.29 is 4.79 Å². The van der Waals surface area contributed by atoms with Gasteiger partial charge in [-0.25, -0.2) is 0 Å². The van der Waals surface area contributed by atoms with Gasteiger partial charge < -0.3 is 11.1 Å². The van der Waals surface area contributed by atoms with Gasteiger partial charge in [0.2, 0.25) is 5.91 Å². The Kier molecular flexibility index (Phi) is 5.79. The first-order valence-corrected chi connectivity index (χ1v) is 6.39. The number of nitrogens with one attached hydrogen (secondary N) is 1. The van der Waals surface area contributed by atoms with Crippen LogP contribution in [-0.2, 0) is 4.79 Å². The molecule has 2 rings (SSSR count). The van der Waals surface area contributed by atoms with Crippen molar-refractivity contribution in [1.82, 2.24) is 4.90 Å². The Hall–Kier alpha value is -1.10. The molecule has 1 heterocycles. The van der Waals surface area contributed by atoms with Crippen LogP contribution >= 0.6 is 12.4 Å². The highest BCUT2D eigenvalue weighted by molar-refractivity contribution is 5.93. The van der Waals surface area contributed by atoms with E-state index in [1.54, 1.807) is 0 Å². The monoisotopic (exact) mass is 283 g/mol. The molecule has 106 valence electrons. The van der Waals surface area contributed by atoms with Crippen LogP contribution < -0.4 is 11.1 Å². The highest BCUT2D eigenvalue weighted by Gasteiger charge is 2.21. The predicted octanol–water partition coefficient (Wildman–Crippen LogP) is 1.70. The lowest BCUT2D eigenvalue weighted by molar-refractivity contribution is -0.117. The Labute approximate surface area is 120 Å². The summed E-state index contributed by atoms with van der Waals surface area (Å²) >= 11 is 0. The molecule has 0 saturated carbocycles. The lowest BCUT2D eigenvalue weighted by Crippen LogP contribution is -2.33. The molecule has 0 aromatic heterocycles. The van der Waals surface area contributed by atoms with E-state index in [1.165, 1.54) is 5.56 Å². The maximum absolute atomic E-state index is 11.9. The van der Waals surface area contributed by atoms with Gasteiger partial charge in [-0.2, -0.15) is 0 Å². The van der Waals surface area contributed by atoms with Crippen LogP contribution in [0.1, 0.15) is 17.5 Å². The summed E-state index contributed by atoms with van der Waals surface area (Å²) in [4.78, 5) is 14.0. The Balaban J connectivity index is 0.00000180. The van der Waals surface area contributed by atoms with Gasteiger partial charge in [-0.3, -0.25) is 9.69 Å². The van der Waals surface area contributed by atoms with Crippen LogP contribution in [0.15, 0.2) is 18.2 Å². The second-order valence-corrected chi connectivity index (χ2v) is 5.15. The van der Waals surface area contributed by atoms with Crippen molar-refractivity contribution in [2.75, 3.05) is 25.0 Å². The summed E-state index contributed by atoms with van der Waals surface area (Å²) in [5, 5.41) is 2.96. The van der Waals surface area contributed by atoms with E-state index in [-0.39, 0.29) is 24.4 Å². The van der Waals surface area contributed by atoms with Crippen molar-refractivity contribution in [3.8, 4) is 0 Å². The molecule has 1 saturated heterocycles. The van der Waals surface area contributed by atoms with Gasteiger partial charge in [0.25, 0.3) is 0 Å². The zero-order valence-electron chi connectivity index (χ0n) is 11.5. The summed E-state index contributed by atoms with van der Waals surface area (Å²) in [6, 6.07) is 6.26. The molecule has 1 aromatic rings. The molecule has 1 aliphatic heterocycles. The number of amides is 1. The number of hydrogen-bond donors (Lipinski definition) is 2. The van der Waals surface area contributed by atoms with Gasteiger partial charge in [0.1, 0.15) is 0 Å². The normalized spacial score (nSPS) is 19.0. The maximum Gasteiger partial charge on any atom is 0.238 e. The summed E-state index contributed by atoms with van der Waals surface area (Å²) in [6.07, 6.45) is 0.983. The standard InChI is InChI=1S/C14H21N3O.ClH/c1-10-3-4-13(11(2)7-10)16-14(18)9-17-6-5-12(15)8-17;/h3-4,7,12H,5-6,8-9,15H2,1-2H3,(H,16,18);1H/t12-;/m1./s1. The summed E-state index contributed by atoms with van der Waals surface area (Å²) in [6.45, 7) is 6.22. The minimum Gasteiger partial charge on any atom is -0.326 e. The first-order chi connectivity index (χ1) is 8.54. The van der Waals surface area contributed by atoms with Crippen molar-refractivity contribution in [2.24, 2.45) is 5.73 Å². The van der Waals surface area contributed by atoms with Gasteiger partial charge in [-0.1, -0.05) is 17.7 Å². The number of rotatable bonds is 3. The third kappa shape index (κ3) is 4.49. The van der Waals surface area contributed by atoms with E-state index >= 15 is 0 Å². The van der Waals surface area contributed by atoms with Crippen LogP contribution in [0.5, 0.6) is 0 Å². The molecule has 0 radical (unpaired) electrons. The Morgan fingerprint density at radius 1 is 1.47 bits per heavy atom. The SMILES string of the molecule is Cc1ccc(NC(=O)CN2CC[C@@H](N)C2)c(C)c1.Cl. The van der Waals surface area contributed by atoms with Gasteiger partial charge in [0, 0.05) is 24.8 Å². The van der Waals surface area contributed by atoms with Crippen LogP contribution in [0.3, 0.4) is 0 Å². The number of nitrogens with two attached hydrogens (primary N) is 1. The molecule has 1 fully saturated rings. The third-order valence-electron chi connectivity index (χ3n) is 3.33. The van der Waals surface area contributed by atoms with Crippen molar-refractivity contribution >= 4 is 24.0 Å². The maximum atomic E-state index is 11.9. The number of carbonyl (C=O) groups excluding carboxylic acids is 1. The second kappa shape index (κ2) is 6.89. The van der Waals surface area contributed by atoms with E-state index in [0.29, 0.717) is 6.54 Å². The number of aryl methyl sites for hydroxylation is 2. The van der Waals surface area contributed by atoms with E-state index in [2.05, 4.69) is 16.3 Å². The van der Waals surface area contributed by atoms with E-state index in [4.69, 9.17) is 5.73 Å². The summed E-state index contributed by atoms with van der Waals surface area (Å²) in [5.74, 6) is 0.0380. The molecule has 1 aliphatic rings. The number of nitrogens with zero attached hydrogens (tertiary/aromatic N) is 1. The molecule has 4 nitrogen and oxygen atoms in total. The van der Waals surface area contributed by atoms with E-state index in [1.807, 2.05) is 26.0 Å². The summed E-state index contributed by atoms with van der Waals surface area (Å²) < 4.78 is 0. The first-order valence-electron chi connectivity index (χ1n) is 6.39. The molecular weight excluding hydrogens is 262 g/mol. The van der Waals surface area contributed by atoms with E-state index in [0.717, 1.165) is 30.8 Å². The second-order valence-electron chi connectivity index (χ2n) is 5.15. The van der Waals surface area contributed by atoms with Crippen LogP contribution in [0.25, 0.3) is 0 Å². The number of carbonyl (C=O) groups is 1. The van der Waals surface area contributed by atoms with Crippen LogP contribution in [0.4, 0.5) is 5.69 Å². The number of benzene rings is 1. The van der Waals surface area contributed by atoms with Crippen LogP contribution in [-0.4, -0.2) is 36.5 Å². The van der Waals surface area contributed by atoms with E-state index < -0.39 is 0 Å². The van der Waals surface area contributed by atoms with Crippen molar-refractivity contribution in [2.45, 2.75) is 26.3 Å². The van der Waals surface area contributed by atoms with Gasteiger partial charge in [-0.15, -0.1) is 12.4 Å². The third-order valence-corrected chi connectivity index (χ3v) is 3.33. The molecular formula is C14H22ClN3O. The molecule has 1 amide bonds. The molecule has 1 aromatic carbocycles. The quantitative estimate of drug-likeness (QED) is 0.888. The minimum absolute atomic E-state index is 0. The molecule has 0 spiro atoms. The molecule has 0 aliphatic carbocycles. The fraction of sp³-hybridized carbons (Fsp3) is 0.500. The number of halogens is 1. The number of anilines is 1. The first kappa shape index (κ1) is 16.0. The lowest BCUT2D eigenvalue weighted by atomic mass is 10.1. The Bertz CT molecular complexity index is 450. The predicted molar refractivity (Wildman–Crippen MR) is 80.8 cm³/mol. The zero-order valence-corrected chi connectivity index (χ0v) is 12.3. The van der Waals surface area contributed by atoms with E-state index in [9.17, 15) is 4.79 Å². The summed E-state index contributed by atoms with van der Waals surface area (Å²) in [7, 11) is 0. The topological polar surface area (TPSA) is 58.4 Å². The van der Waals surface area contributed by atoms with Crippen LogP contribution in [0.2, 0.25) is 0 Å². The smallest absolute Gasteiger partial charge is 0.238 e. The Morgan fingerprint density at radius 2 is 2.21 bits per heavy atom. The molecule has 1 atom stereocenters. The molecule has 3 N–H and O–H groups in total. The lowest BCUT2D eigenvalue weighted by Gasteiger charge is -2.15. The molecule has 0 bridgehead atoms. The molecule has 19 heavy (non-hydrogen) atoms. The largest absolute Gasteiger partial charge is 0.326 e. The Morgan fingerprint density at radius 3 is 2.79 bits per heavy atom. The average Bonchev–Trinajstić information content (AvgIpc) is 2.68. The highest BCUT2D eigenvalue weighted by atomic mass is 35.5. The summed E-state index contributed by atoms with van der Waals surface area (Å²) in [5.41, 5.74) is 9.02.